The van der Waals surface area contributed by atoms with Gasteiger partial charge in [-0.1, -0.05) is 6.92 Å². The molecule has 0 unspecified atom stereocenters. The molecule has 6 heteroatoms. The largest absolute Gasteiger partial charge is 0.493 e. The zero-order valence-electron chi connectivity index (χ0n) is 12.2. The van der Waals surface area contributed by atoms with Crippen molar-refractivity contribution in [2.75, 3.05) is 13.7 Å². The first-order valence-corrected chi connectivity index (χ1v) is 6.79. The fourth-order valence-electron chi connectivity index (χ4n) is 1.90. The van der Waals surface area contributed by atoms with Gasteiger partial charge in [-0.2, -0.15) is 0 Å². The van der Waals surface area contributed by atoms with Gasteiger partial charge in [0, 0.05) is 18.2 Å². The number of nitrogens with one attached hydrogen (secondary N) is 1. The Labute approximate surface area is 122 Å². The van der Waals surface area contributed by atoms with Crippen LogP contribution in [0.5, 0.6) is 11.5 Å². The first-order valence-electron chi connectivity index (χ1n) is 6.79. The summed E-state index contributed by atoms with van der Waals surface area (Å²) in [6.45, 7) is 2.87. The summed E-state index contributed by atoms with van der Waals surface area (Å²) in [5.74, 6) is 1.73. The molecule has 1 aromatic heterocycles. The molecule has 0 aliphatic carbocycles. The summed E-state index contributed by atoms with van der Waals surface area (Å²) in [4.78, 5) is 18.6. The SMILES string of the molecule is CCCOc1ccc(-c2nc(CN)cc(=O)[nH]2)cc1OC. The van der Waals surface area contributed by atoms with E-state index in [1.165, 1.54) is 6.07 Å². The highest BCUT2D eigenvalue weighted by Crippen LogP contribution is 2.31. The third-order valence-corrected chi connectivity index (χ3v) is 2.90. The van der Waals surface area contributed by atoms with E-state index in [-0.39, 0.29) is 12.1 Å². The quantitative estimate of drug-likeness (QED) is 0.844. The molecular formula is C15H19N3O3. The molecule has 1 heterocycles. The van der Waals surface area contributed by atoms with Crippen LogP contribution in [0.15, 0.2) is 29.1 Å². The maximum atomic E-state index is 11.6. The summed E-state index contributed by atoms with van der Waals surface area (Å²) in [7, 11) is 1.57. The Bertz CT molecular complexity index is 667. The normalized spacial score (nSPS) is 10.4. The number of hydrogen-bond donors (Lipinski definition) is 2. The van der Waals surface area contributed by atoms with Gasteiger partial charge in [0.1, 0.15) is 5.82 Å². The van der Waals surface area contributed by atoms with Crippen LogP contribution in [-0.2, 0) is 6.54 Å². The minimum atomic E-state index is -0.231. The molecule has 0 saturated heterocycles. The molecule has 3 N–H and O–H groups in total. The number of aromatic amines is 1. The Hall–Kier alpha value is -2.34. The molecule has 0 radical (unpaired) electrons. The molecule has 0 amide bonds. The monoisotopic (exact) mass is 289 g/mol. The summed E-state index contributed by atoms with van der Waals surface area (Å²) in [5, 5.41) is 0. The number of methoxy groups -OCH3 is 1. The molecule has 0 fully saturated rings. The number of nitrogens with zero attached hydrogens (tertiary/aromatic N) is 1. The van der Waals surface area contributed by atoms with Gasteiger partial charge in [-0.05, 0) is 24.6 Å². The average Bonchev–Trinajstić information content (AvgIpc) is 2.52. The number of H-pyrrole nitrogens is 1. The fraction of sp³-hybridized carbons (Fsp3) is 0.333. The maximum Gasteiger partial charge on any atom is 0.251 e. The van der Waals surface area contributed by atoms with Gasteiger partial charge in [0.2, 0.25) is 0 Å². The summed E-state index contributed by atoms with van der Waals surface area (Å²) in [5.41, 5.74) is 6.59. The van der Waals surface area contributed by atoms with Gasteiger partial charge in [-0.15, -0.1) is 0 Å². The van der Waals surface area contributed by atoms with Gasteiger partial charge >= 0.3 is 0 Å². The second-order valence-electron chi connectivity index (χ2n) is 4.50. The Kier molecular flexibility index (Phi) is 4.94. The molecule has 6 nitrogen and oxygen atoms in total. The number of hydrogen-bond acceptors (Lipinski definition) is 5. The fourth-order valence-corrected chi connectivity index (χ4v) is 1.90. The lowest BCUT2D eigenvalue weighted by atomic mass is 10.2. The van der Waals surface area contributed by atoms with Crippen molar-refractivity contribution >= 4 is 0 Å². The van der Waals surface area contributed by atoms with Gasteiger partial charge in [-0.3, -0.25) is 4.79 Å². The second-order valence-corrected chi connectivity index (χ2v) is 4.50. The van der Waals surface area contributed by atoms with E-state index >= 15 is 0 Å². The first kappa shape index (κ1) is 15.1. The van der Waals surface area contributed by atoms with Crippen molar-refractivity contribution in [1.82, 2.24) is 9.97 Å². The summed E-state index contributed by atoms with van der Waals surface area (Å²) in [6, 6.07) is 6.80. The van der Waals surface area contributed by atoms with Crippen molar-refractivity contribution < 1.29 is 9.47 Å². The molecule has 2 aromatic rings. The zero-order chi connectivity index (χ0) is 15.2. The van der Waals surface area contributed by atoms with Crippen LogP contribution in [0.3, 0.4) is 0 Å². The molecule has 0 spiro atoms. The topological polar surface area (TPSA) is 90.2 Å². The highest BCUT2D eigenvalue weighted by atomic mass is 16.5. The number of nitrogens with two attached hydrogens (primary N) is 1. The minimum Gasteiger partial charge on any atom is -0.493 e. The van der Waals surface area contributed by atoms with Gasteiger partial charge in [0.05, 0.1) is 19.4 Å². The van der Waals surface area contributed by atoms with Crippen LogP contribution in [0.1, 0.15) is 19.0 Å². The molecule has 112 valence electrons. The highest BCUT2D eigenvalue weighted by Gasteiger charge is 2.09. The Morgan fingerprint density at radius 3 is 2.76 bits per heavy atom. The minimum absolute atomic E-state index is 0.214. The predicted octanol–water partition coefficient (Wildman–Crippen LogP) is 1.69. The van der Waals surface area contributed by atoms with Crippen molar-refractivity contribution in [2.45, 2.75) is 19.9 Å². The van der Waals surface area contributed by atoms with E-state index in [4.69, 9.17) is 15.2 Å². The number of ether oxygens (including phenoxy) is 2. The van der Waals surface area contributed by atoms with Crippen LogP contribution in [0.25, 0.3) is 11.4 Å². The van der Waals surface area contributed by atoms with E-state index in [0.717, 1.165) is 12.0 Å². The van der Waals surface area contributed by atoms with Gasteiger partial charge < -0.3 is 20.2 Å². The van der Waals surface area contributed by atoms with Gasteiger partial charge in [0.25, 0.3) is 5.56 Å². The lowest BCUT2D eigenvalue weighted by molar-refractivity contribution is 0.294. The van der Waals surface area contributed by atoms with E-state index in [1.807, 2.05) is 13.0 Å². The summed E-state index contributed by atoms with van der Waals surface area (Å²) < 4.78 is 10.9. The molecule has 2 rings (SSSR count). The highest BCUT2D eigenvalue weighted by molar-refractivity contribution is 5.61. The first-order chi connectivity index (χ1) is 10.2. The molecule has 0 saturated carbocycles. The standard InChI is InChI=1S/C15H19N3O3/c1-3-6-21-12-5-4-10(7-13(12)20-2)15-17-11(9-16)8-14(19)18-15/h4-5,7-8H,3,6,9,16H2,1-2H3,(H,17,18,19). The number of rotatable bonds is 6. The van der Waals surface area contributed by atoms with E-state index in [2.05, 4.69) is 9.97 Å². The Morgan fingerprint density at radius 1 is 1.29 bits per heavy atom. The Balaban J connectivity index is 2.40. The van der Waals surface area contributed by atoms with E-state index in [1.54, 1.807) is 19.2 Å². The maximum absolute atomic E-state index is 11.6. The summed E-state index contributed by atoms with van der Waals surface area (Å²) >= 11 is 0. The van der Waals surface area contributed by atoms with Crippen molar-refractivity contribution in [1.29, 1.82) is 0 Å². The van der Waals surface area contributed by atoms with Crippen LogP contribution < -0.4 is 20.8 Å². The van der Waals surface area contributed by atoms with Crippen LogP contribution in [0, 0.1) is 0 Å². The van der Waals surface area contributed by atoms with Crippen molar-refractivity contribution in [3.05, 3.63) is 40.3 Å². The van der Waals surface area contributed by atoms with Crippen molar-refractivity contribution in [2.24, 2.45) is 5.73 Å². The number of aromatic nitrogens is 2. The zero-order valence-corrected chi connectivity index (χ0v) is 12.2. The van der Waals surface area contributed by atoms with E-state index in [0.29, 0.717) is 29.6 Å². The Morgan fingerprint density at radius 2 is 2.10 bits per heavy atom. The van der Waals surface area contributed by atoms with Crippen molar-refractivity contribution in [3.63, 3.8) is 0 Å². The van der Waals surface area contributed by atoms with Gasteiger partial charge in [-0.25, -0.2) is 4.98 Å². The lowest BCUT2D eigenvalue weighted by Crippen LogP contribution is -2.12. The predicted molar refractivity (Wildman–Crippen MR) is 80.5 cm³/mol. The lowest BCUT2D eigenvalue weighted by Gasteiger charge is -2.11. The van der Waals surface area contributed by atoms with Gasteiger partial charge in [0.15, 0.2) is 11.5 Å². The molecule has 1 aromatic carbocycles. The molecule has 0 bridgehead atoms. The van der Waals surface area contributed by atoms with Crippen LogP contribution in [0.2, 0.25) is 0 Å². The van der Waals surface area contributed by atoms with Crippen LogP contribution in [-0.4, -0.2) is 23.7 Å². The second kappa shape index (κ2) is 6.90. The third kappa shape index (κ3) is 3.61. The molecule has 0 aliphatic rings. The van der Waals surface area contributed by atoms with Crippen molar-refractivity contribution in [3.8, 4) is 22.9 Å². The average molecular weight is 289 g/mol. The molecule has 0 aliphatic heterocycles. The number of benzene rings is 1. The van der Waals surface area contributed by atoms with Crippen LogP contribution >= 0.6 is 0 Å². The van der Waals surface area contributed by atoms with E-state index in [9.17, 15) is 4.79 Å². The van der Waals surface area contributed by atoms with Crippen LogP contribution in [0.4, 0.5) is 0 Å². The smallest absolute Gasteiger partial charge is 0.251 e. The molecular weight excluding hydrogens is 270 g/mol. The van der Waals surface area contributed by atoms with E-state index < -0.39 is 0 Å². The molecule has 21 heavy (non-hydrogen) atoms. The molecule has 0 atom stereocenters. The third-order valence-electron chi connectivity index (χ3n) is 2.90. The summed E-state index contributed by atoms with van der Waals surface area (Å²) in [6.07, 6.45) is 0.915.